The van der Waals surface area contributed by atoms with Gasteiger partial charge in [-0.15, -0.1) is 0 Å². The normalized spacial score (nSPS) is 23.6. The van der Waals surface area contributed by atoms with Gasteiger partial charge in [-0.3, -0.25) is 9.59 Å². The Morgan fingerprint density at radius 3 is 2.00 bits per heavy atom. The van der Waals surface area contributed by atoms with Crippen molar-refractivity contribution in [1.82, 2.24) is 0 Å². The number of carbonyl (C=O) groups is 2. The predicted octanol–water partition coefficient (Wildman–Crippen LogP) is 2.18. The van der Waals surface area contributed by atoms with Gasteiger partial charge < -0.3 is 19.9 Å². The third-order valence-electron chi connectivity index (χ3n) is 4.38. The van der Waals surface area contributed by atoms with Crippen LogP contribution in [-0.2, 0) is 23.8 Å². The molecule has 0 bridgehead atoms. The van der Waals surface area contributed by atoms with Crippen molar-refractivity contribution in [3.05, 3.63) is 0 Å². The molecule has 0 amide bonds. The fourth-order valence-corrected chi connectivity index (χ4v) is 3.24. The zero-order valence-electron chi connectivity index (χ0n) is 14.8. The quantitative estimate of drug-likeness (QED) is 0.542. The molecule has 1 fully saturated rings. The van der Waals surface area contributed by atoms with Crippen LogP contribution in [0.5, 0.6) is 0 Å². The Balaban J connectivity index is 3.02. The van der Waals surface area contributed by atoms with Gasteiger partial charge in [0, 0.05) is 12.5 Å². The lowest BCUT2D eigenvalue weighted by Gasteiger charge is -2.40. The summed E-state index contributed by atoms with van der Waals surface area (Å²) in [7, 11) is 0. The summed E-state index contributed by atoms with van der Waals surface area (Å²) < 4.78 is 16.4. The zero-order valence-corrected chi connectivity index (χ0v) is 14.8. The van der Waals surface area contributed by atoms with Crippen molar-refractivity contribution in [2.24, 2.45) is 11.1 Å². The molecule has 1 rings (SSSR count). The molecule has 2 unspecified atom stereocenters. The number of ether oxygens (including phenoxy) is 3. The molecule has 0 spiro atoms. The summed E-state index contributed by atoms with van der Waals surface area (Å²) in [5.74, 6) is -1.10. The van der Waals surface area contributed by atoms with Gasteiger partial charge in [0.15, 0.2) is 5.41 Å². The number of rotatable bonds is 8. The Hall–Kier alpha value is -1.14. The molecule has 6 heteroatoms. The summed E-state index contributed by atoms with van der Waals surface area (Å²) in [6, 6.07) is -0.295. The first-order chi connectivity index (χ1) is 10.9. The van der Waals surface area contributed by atoms with Crippen LogP contribution in [0.1, 0.15) is 59.8 Å². The van der Waals surface area contributed by atoms with Gasteiger partial charge in [-0.05, 0) is 39.5 Å². The number of carbonyl (C=O) groups excluding carboxylic acids is 2. The Morgan fingerprint density at radius 2 is 1.57 bits per heavy atom. The highest BCUT2D eigenvalue weighted by Crippen LogP contribution is 2.40. The van der Waals surface area contributed by atoms with Crippen LogP contribution in [0.4, 0.5) is 0 Å². The average Bonchev–Trinajstić information content (AvgIpc) is 2.52. The lowest BCUT2D eigenvalue weighted by molar-refractivity contribution is -0.181. The molecule has 2 atom stereocenters. The van der Waals surface area contributed by atoms with Gasteiger partial charge in [-0.1, -0.05) is 13.8 Å². The minimum Gasteiger partial charge on any atom is -0.465 e. The molecule has 0 aromatic heterocycles. The van der Waals surface area contributed by atoms with E-state index in [1.165, 1.54) is 0 Å². The molecular weight excluding hydrogens is 298 g/mol. The molecular formula is C17H31NO5. The number of nitrogens with two attached hydrogens (primary N) is 1. The van der Waals surface area contributed by atoms with E-state index in [-0.39, 0.29) is 44.3 Å². The molecule has 23 heavy (non-hydrogen) atoms. The molecule has 0 aromatic rings. The number of hydrogen-bond donors (Lipinski definition) is 1. The Kier molecular flexibility index (Phi) is 7.99. The van der Waals surface area contributed by atoms with Crippen molar-refractivity contribution in [3.8, 4) is 0 Å². The first kappa shape index (κ1) is 19.9. The molecule has 1 aliphatic carbocycles. The highest BCUT2D eigenvalue weighted by atomic mass is 16.6. The standard InChI is InChI=1S/C17H31NO5/c1-5-13(6-2)23-14-9-12(18)10-17(11-14,15(19)21-7-3)16(20)22-8-4/h12-14H,5-11,18H2,1-4H3. The summed E-state index contributed by atoms with van der Waals surface area (Å²) in [6.07, 6.45) is 2.78. The summed E-state index contributed by atoms with van der Waals surface area (Å²) in [4.78, 5) is 25.0. The molecule has 0 saturated heterocycles. The van der Waals surface area contributed by atoms with E-state index in [0.29, 0.717) is 6.42 Å². The Labute approximate surface area is 139 Å². The van der Waals surface area contributed by atoms with Crippen LogP contribution in [0, 0.1) is 5.41 Å². The van der Waals surface area contributed by atoms with Crippen LogP contribution >= 0.6 is 0 Å². The van der Waals surface area contributed by atoms with Gasteiger partial charge in [-0.2, -0.15) is 0 Å². The third-order valence-corrected chi connectivity index (χ3v) is 4.38. The molecule has 0 radical (unpaired) electrons. The van der Waals surface area contributed by atoms with Crippen molar-refractivity contribution < 1.29 is 23.8 Å². The van der Waals surface area contributed by atoms with E-state index in [0.717, 1.165) is 12.8 Å². The fraction of sp³-hybridized carbons (Fsp3) is 0.882. The monoisotopic (exact) mass is 329 g/mol. The average molecular weight is 329 g/mol. The first-order valence-electron chi connectivity index (χ1n) is 8.68. The maximum Gasteiger partial charge on any atom is 0.323 e. The molecule has 0 heterocycles. The van der Waals surface area contributed by atoms with E-state index < -0.39 is 17.4 Å². The van der Waals surface area contributed by atoms with Crippen LogP contribution in [0.25, 0.3) is 0 Å². The van der Waals surface area contributed by atoms with Crippen molar-refractivity contribution in [3.63, 3.8) is 0 Å². The minimum atomic E-state index is -1.35. The van der Waals surface area contributed by atoms with E-state index in [4.69, 9.17) is 19.9 Å². The van der Waals surface area contributed by atoms with E-state index in [1.807, 2.05) is 0 Å². The second kappa shape index (κ2) is 9.23. The second-order valence-corrected chi connectivity index (χ2v) is 6.12. The fourth-order valence-electron chi connectivity index (χ4n) is 3.24. The SMILES string of the molecule is CCOC(=O)C1(C(=O)OCC)CC(N)CC(OC(CC)CC)C1. The maximum absolute atomic E-state index is 12.5. The first-order valence-corrected chi connectivity index (χ1v) is 8.68. The zero-order chi connectivity index (χ0) is 17.5. The van der Waals surface area contributed by atoms with Gasteiger partial charge in [-0.25, -0.2) is 0 Å². The molecule has 134 valence electrons. The van der Waals surface area contributed by atoms with Crippen molar-refractivity contribution in [1.29, 1.82) is 0 Å². The Bertz CT molecular complexity index is 376. The second-order valence-electron chi connectivity index (χ2n) is 6.12. The van der Waals surface area contributed by atoms with Crippen molar-refractivity contribution >= 4 is 11.9 Å². The van der Waals surface area contributed by atoms with Crippen LogP contribution in [0.3, 0.4) is 0 Å². The predicted molar refractivity (Wildman–Crippen MR) is 86.8 cm³/mol. The van der Waals surface area contributed by atoms with Gasteiger partial charge in [0.25, 0.3) is 0 Å². The summed E-state index contributed by atoms with van der Waals surface area (Å²) >= 11 is 0. The molecule has 0 aromatic carbocycles. The number of esters is 2. The highest BCUT2D eigenvalue weighted by molar-refractivity contribution is 6.00. The largest absolute Gasteiger partial charge is 0.465 e. The molecule has 1 saturated carbocycles. The van der Waals surface area contributed by atoms with Crippen LogP contribution < -0.4 is 5.73 Å². The summed E-state index contributed by atoms with van der Waals surface area (Å²) in [5, 5.41) is 0. The van der Waals surface area contributed by atoms with E-state index >= 15 is 0 Å². The van der Waals surface area contributed by atoms with E-state index in [2.05, 4.69) is 13.8 Å². The lowest BCUT2D eigenvalue weighted by Crippen LogP contribution is -2.53. The molecule has 1 aliphatic rings. The summed E-state index contributed by atoms with van der Waals surface area (Å²) in [6.45, 7) is 7.98. The van der Waals surface area contributed by atoms with Gasteiger partial charge >= 0.3 is 11.9 Å². The van der Waals surface area contributed by atoms with Crippen LogP contribution in [0.15, 0.2) is 0 Å². The molecule has 2 N–H and O–H groups in total. The lowest BCUT2D eigenvalue weighted by atomic mass is 9.70. The van der Waals surface area contributed by atoms with E-state index in [1.54, 1.807) is 13.8 Å². The van der Waals surface area contributed by atoms with E-state index in [9.17, 15) is 9.59 Å². The highest BCUT2D eigenvalue weighted by Gasteiger charge is 2.54. The van der Waals surface area contributed by atoms with Gasteiger partial charge in [0.1, 0.15) is 0 Å². The van der Waals surface area contributed by atoms with Gasteiger partial charge in [0.05, 0.1) is 25.4 Å². The van der Waals surface area contributed by atoms with Crippen molar-refractivity contribution in [2.45, 2.75) is 78.0 Å². The smallest absolute Gasteiger partial charge is 0.323 e. The maximum atomic E-state index is 12.5. The topological polar surface area (TPSA) is 87.9 Å². The molecule has 6 nitrogen and oxygen atoms in total. The van der Waals surface area contributed by atoms with Crippen LogP contribution in [-0.4, -0.2) is 43.4 Å². The molecule has 0 aliphatic heterocycles. The van der Waals surface area contributed by atoms with Gasteiger partial charge in [0.2, 0.25) is 0 Å². The third kappa shape index (κ3) is 4.91. The van der Waals surface area contributed by atoms with Crippen molar-refractivity contribution in [2.75, 3.05) is 13.2 Å². The minimum absolute atomic E-state index is 0.104. The summed E-state index contributed by atoms with van der Waals surface area (Å²) in [5.41, 5.74) is 4.78. The number of hydrogen-bond acceptors (Lipinski definition) is 6. The van der Waals surface area contributed by atoms with Crippen LogP contribution in [0.2, 0.25) is 0 Å². The Morgan fingerprint density at radius 1 is 1.04 bits per heavy atom.